The minimum Gasteiger partial charge on any atom is -0.417 e. The molecule has 0 saturated heterocycles. The van der Waals surface area contributed by atoms with Gasteiger partial charge in [0.25, 0.3) is 0 Å². The number of hydrogen-bond donors (Lipinski definition) is 0. The Bertz CT molecular complexity index is 535. The van der Waals surface area contributed by atoms with Gasteiger partial charge in [-0.05, 0) is 41.4 Å². The molecule has 0 radical (unpaired) electrons. The van der Waals surface area contributed by atoms with Crippen LogP contribution >= 0.6 is 0 Å². The lowest BCUT2D eigenvalue weighted by Gasteiger charge is -2.49. The SMILES string of the molecule is CC1(C)C(=Cc2ccccc2)CC1CO[Si](C)(C)C(C)(C)C. The average Bonchev–Trinajstić information content (AvgIpc) is 2.41. The first-order valence-corrected chi connectivity index (χ1v) is 11.3. The van der Waals surface area contributed by atoms with E-state index in [0.29, 0.717) is 11.0 Å². The zero-order chi connectivity index (χ0) is 16.6. The van der Waals surface area contributed by atoms with Crippen molar-refractivity contribution in [2.24, 2.45) is 11.3 Å². The fraction of sp³-hybridized carbons (Fsp3) is 0.600. The van der Waals surface area contributed by atoms with Crippen molar-refractivity contribution >= 4 is 14.4 Å². The molecule has 0 amide bonds. The summed E-state index contributed by atoms with van der Waals surface area (Å²) in [5.41, 5.74) is 3.13. The molecule has 1 aromatic rings. The van der Waals surface area contributed by atoms with E-state index in [1.807, 2.05) is 0 Å². The van der Waals surface area contributed by atoms with Crippen LogP contribution in [0.3, 0.4) is 0 Å². The Labute approximate surface area is 137 Å². The summed E-state index contributed by atoms with van der Waals surface area (Å²) in [7, 11) is -1.63. The molecule has 1 nitrogen and oxygen atoms in total. The summed E-state index contributed by atoms with van der Waals surface area (Å²) in [6.07, 6.45) is 3.54. The predicted molar refractivity (Wildman–Crippen MR) is 99.5 cm³/mol. The standard InChI is InChI=1S/C20H32OSi/c1-19(2,3)22(6,7)21-15-18-14-17(20(18,4)5)13-16-11-9-8-10-12-16/h8-13,18H,14-15H2,1-7H3. The molecule has 0 aliphatic heterocycles. The third kappa shape index (κ3) is 3.55. The van der Waals surface area contributed by atoms with Crippen molar-refractivity contribution in [2.45, 2.75) is 59.2 Å². The van der Waals surface area contributed by atoms with E-state index < -0.39 is 8.32 Å². The van der Waals surface area contributed by atoms with Crippen molar-refractivity contribution in [1.29, 1.82) is 0 Å². The van der Waals surface area contributed by atoms with Gasteiger partial charge in [0.05, 0.1) is 0 Å². The van der Waals surface area contributed by atoms with Gasteiger partial charge in [-0.1, -0.05) is 76.6 Å². The molecule has 0 bridgehead atoms. The minimum absolute atomic E-state index is 0.262. The van der Waals surface area contributed by atoms with E-state index in [4.69, 9.17) is 4.43 Å². The molecule has 1 unspecified atom stereocenters. The fourth-order valence-electron chi connectivity index (χ4n) is 2.70. The van der Waals surface area contributed by atoms with Gasteiger partial charge in [-0.15, -0.1) is 0 Å². The third-order valence-corrected chi connectivity index (χ3v) is 10.4. The van der Waals surface area contributed by atoms with Gasteiger partial charge in [-0.3, -0.25) is 0 Å². The maximum atomic E-state index is 6.44. The lowest BCUT2D eigenvalue weighted by atomic mass is 9.58. The summed E-state index contributed by atoms with van der Waals surface area (Å²) < 4.78 is 6.44. The minimum atomic E-state index is -1.63. The van der Waals surface area contributed by atoms with Gasteiger partial charge in [0.1, 0.15) is 0 Å². The number of allylic oxidation sites excluding steroid dienone is 1. The smallest absolute Gasteiger partial charge is 0.191 e. The Kier molecular flexibility index (Phi) is 4.75. The topological polar surface area (TPSA) is 9.23 Å². The van der Waals surface area contributed by atoms with Gasteiger partial charge in [0.15, 0.2) is 8.32 Å². The molecular weight excluding hydrogens is 284 g/mol. The van der Waals surface area contributed by atoms with E-state index in [1.165, 1.54) is 12.0 Å². The van der Waals surface area contributed by atoms with Crippen LogP contribution in [0.15, 0.2) is 35.9 Å². The Morgan fingerprint density at radius 2 is 1.77 bits per heavy atom. The van der Waals surface area contributed by atoms with E-state index in [1.54, 1.807) is 5.57 Å². The molecule has 1 aliphatic rings. The highest BCUT2D eigenvalue weighted by Crippen LogP contribution is 2.52. The Morgan fingerprint density at radius 3 is 2.27 bits per heavy atom. The normalized spacial score (nSPS) is 23.4. The van der Waals surface area contributed by atoms with E-state index in [9.17, 15) is 0 Å². The summed E-state index contributed by atoms with van der Waals surface area (Å²) in [5.74, 6) is 0.650. The summed E-state index contributed by atoms with van der Waals surface area (Å²) in [4.78, 5) is 0. The molecule has 0 aromatic heterocycles. The average molecular weight is 317 g/mol. The van der Waals surface area contributed by atoms with Crippen LogP contribution in [0, 0.1) is 11.3 Å². The van der Waals surface area contributed by atoms with Crippen molar-refractivity contribution in [3.63, 3.8) is 0 Å². The number of hydrogen-bond acceptors (Lipinski definition) is 1. The van der Waals surface area contributed by atoms with Gasteiger partial charge in [0.2, 0.25) is 0 Å². The summed E-state index contributed by atoms with van der Waals surface area (Å²) >= 11 is 0. The van der Waals surface area contributed by atoms with Gasteiger partial charge >= 0.3 is 0 Å². The second kappa shape index (κ2) is 5.97. The van der Waals surface area contributed by atoms with Crippen molar-refractivity contribution in [1.82, 2.24) is 0 Å². The highest BCUT2D eigenvalue weighted by molar-refractivity contribution is 6.74. The fourth-order valence-corrected chi connectivity index (χ4v) is 3.75. The van der Waals surface area contributed by atoms with Crippen LogP contribution in [0.2, 0.25) is 18.1 Å². The van der Waals surface area contributed by atoms with Gasteiger partial charge in [-0.2, -0.15) is 0 Å². The Morgan fingerprint density at radius 1 is 1.18 bits per heavy atom. The maximum Gasteiger partial charge on any atom is 0.191 e. The summed E-state index contributed by atoms with van der Waals surface area (Å²) in [5, 5.41) is 0.295. The van der Waals surface area contributed by atoms with Crippen LogP contribution in [0.25, 0.3) is 6.08 Å². The molecule has 0 N–H and O–H groups in total. The first-order valence-electron chi connectivity index (χ1n) is 8.44. The molecule has 22 heavy (non-hydrogen) atoms. The van der Waals surface area contributed by atoms with Crippen molar-refractivity contribution in [2.75, 3.05) is 6.61 Å². The molecule has 1 atom stereocenters. The van der Waals surface area contributed by atoms with Gasteiger partial charge < -0.3 is 4.43 Å². The molecule has 1 aromatic carbocycles. The van der Waals surface area contributed by atoms with E-state index in [0.717, 1.165) is 6.61 Å². The quantitative estimate of drug-likeness (QED) is 0.606. The van der Waals surface area contributed by atoms with Crippen molar-refractivity contribution < 1.29 is 4.43 Å². The van der Waals surface area contributed by atoms with Crippen LogP contribution in [0.1, 0.15) is 46.6 Å². The van der Waals surface area contributed by atoms with E-state index in [2.05, 4.69) is 84.1 Å². The molecule has 1 aliphatic carbocycles. The number of rotatable bonds is 4. The third-order valence-electron chi connectivity index (χ3n) is 5.91. The Balaban J connectivity index is 1.99. The van der Waals surface area contributed by atoms with Gasteiger partial charge in [-0.25, -0.2) is 0 Å². The van der Waals surface area contributed by atoms with Crippen molar-refractivity contribution in [3.05, 3.63) is 41.5 Å². The molecule has 0 spiro atoms. The Hall–Kier alpha value is -0.863. The van der Waals surface area contributed by atoms with Crippen LogP contribution < -0.4 is 0 Å². The monoisotopic (exact) mass is 316 g/mol. The lowest BCUT2D eigenvalue weighted by Crippen LogP contribution is -2.46. The first kappa shape index (κ1) is 17.5. The number of benzene rings is 1. The molecule has 0 heterocycles. The maximum absolute atomic E-state index is 6.44. The zero-order valence-corrected chi connectivity index (χ0v) is 16.4. The van der Waals surface area contributed by atoms with Gasteiger partial charge in [0, 0.05) is 6.61 Å². The molecule has 2 rings (SSSR count). The summed E-state index contributed by atoms with van der Waals surface area (Å²) in [6, 6.07) is 10.7. The lowest BCUT2D eigenvalue weighted by molar-refractivity contribution is 0.0914. The van der Waals surface area contributed by atoms with Crippen molar-refractivity contribution in [3.8, 4) is 0 Å². The predicted octanol–water partition coefficient (Wildman–Crippen LogP) is 6.14. The van der Waals surface area contributed by atoms with Crippen LogP contribution in [0.5, 0.6) is 0 Å². The highest BCUT2D eigenvalue weighted by atomic mass is 28.4. The van der Waals surface area contributed by atoms with Crippen LogP contribution in [0.4, 0.5) is 0 Å². The summed E-state index contributed by atoms with van der Waals surface area (Å²) in [6.45, 7) is 17.3. The molecule has 2 heteroatoms. The molecule has 122 valence electrons. The molecular formula is C20H32OSi. The van der Waals surface area contributed by atoms with Crippen LogP contribution in [-0.2, 0) is 4.43 Å². The highest BCUT2D eigenvalue weighted by Gasteiger charge is 2.45. The zero-order valence-electron chi connectivity index (χ0n) is 15.4. The first-order chi connectivity index (χ1) is 10.0. The largest absolute Gasteiger partial charge is 0.417 e. The van der Waals surface area contributed by atoms with E-state index in [-0.39, 0.29) is 5.41 Å². The molecule has 1 fully saturated rings. The second-order valence-corrected chi connectivity index (χ2v) is 13.6. The van der Waals surface area contributed by atoms with Crippen LogP contribution in [-0.4, -0.2) is 14.9 Å². The van der Waals surface area contributed by atoms with E-state index >= 15 is 0 Å². The second-order valence-electron chi connectivity index (χ2n) is 8.77. The molecule has 1 saturated carbocycles.